The van der Waals surface area contributed by atoms with Gasteiger partial charge in [-0.3, -0.25) is 0 Å². The Kier molecular flexibility index (Phi) is 6.62. The maximum absolute atomic E-state index is 11.6. The van der Waals surface area contributed by atoms with Crippen LogP contribution in [-0.4, -0.2) is 25.2 Å². The van der Waals surface area contributed by atoms with Gasteiger partial charge in [0.1, 0.15) is 6.61 Å². The lowest BCUT2D eigenvalue weighted by Crippen LogP contribution is -2.33. The van der Waals surface area contributed by atoms with E-state index in [4.69, 9.17) is 9.57 Å². The van der Waals surface area contributed by atoms with Crippen LogP contribution in [0.15, 0.2) is 60.7 Å². The van der Waals surface area contributed by atoms with Crippen molar-refractivity contribution in [2.45, 2.75) is 6.61 Å². The molecule has 23 heavy (non-hydrogen) atoms. The SMILES string of the molecule is O=C(NCCNOC(=O)c1ccccc1)OCc1ccccc1. The normalized spacial score (nSPS) is 9.91. The molecule has 0 aromatic heterocycles. The Morgan fingerprint density at radius 2 is 1.52 bits per heavy atom. The largest absolute Gasteiger partial charge is 0.445 e. The number of amides is 1. The van der Waals surface area contributed by atoms with E-state index in [1.165, 1.54) is 0 Å². The minimum Gasteiger partial charge on any atom is -0.445 e. The van der Waals surface area contributed by atoms with Crippen LogP contribution in [0.5, 0.6) is 0 Å². The van der Waals surface area contributed by atoms with Crippen molar-refractivity contribution in [1.82, 2.24) is 10.8 Å². The van der Waals surface area contributed by atoms with Crippen molar-refractivity contribution in [2.75, 3.05) is 13.1 Å². The molecule has 0 atom stereocenters. The van der Waals surface area contributed by atoms with Gasteiger partial charge < -0.3 is 14.9 Å². The van der Waals surface area contributed by atoms with Crippen molar-refractivity contribution >= 4 is 12.1 Å². The van der Waals surface area contributed by atoms with Crippen molar-refractivity contribution in [3.8, 4) is 0 Å². The molecule has 2 aromatic carbocycles. The Morgan fingerprint density at radius 3 is 2.22 bits per heavy atom. The van der Waals surface area contributed by atoms with E-state index in [0.717, 1.165) is 5.56 Å². The molecule has 1 amide bonds. The monoisotopic (exact) mass is 314 g/mol. The number of carbonyl (C=O) groups excluding carboxylic acids is 2. The van der Waals surface area contributed by atoms with E-state index in [-0.39, 0.29) is 19.7 Å². The molecule has 0 radical (unpaired) electrons. The zero-order valence-electron chi connectivity index (χ0n) is 12.5. The summed E-state index contributed by atoms with van der Waals surface area (Å²) >= 11 is 0. The zero-order chi connectivity index (χ0) is 16.3. The maximum atomic E-state index is 11.6. The van der Waals surface area contributed by atoms with Gasteiger partial charge in [-0.1, -0.05) is 48.5 Å². The summed E-state index contributed by atoms with van der Waals surface area (Å²) in [6.07, 6.45) is -0.523. The molecule has 0 aliphatic rings. The second-order valence-electron chi connectivity index (χ2n) is 4.64. The first-order valence-electron chi connectivity index (χ1n) is 7.19. The molecule has 2 aromatic rings. The van der Waals surface area contributed by atoms with Gasteiger partial charge in [0.15, 0.2) is 0 Å². The van der Waals surface area contributed by atoms with Crippen molar-refractivity contribution in [2.24, 2.45) is 0 Å². The van der Waals surface area contributed by atoms with E-state index in [1.807, 2.05) is 36.4 Å². The Balaban J connectivity index is 1.55. The quantitative estimate of drug-likeness (QED) is 0.605. The first kappa shape index (κ1) is 16.5. The molecular weight excluding hydrogens is 296 g/mol. The van der Waals surface area contributed by atoms with Gasteiger partial charge in [-0.05, 0) is 17.7 Å². The smallest absolute Gasteiger partial charge is 0.407 e. The van der Waals surface area contributed by atoms with Crippen molar-refractivity contribution in [3.63, 3.8) is 0 Å². The van der Waals surface area contributed by atoms with Crippen LogP contribution in [0.25, 0.3) is 0 Å². The van der Waals surface area contributed by atoms with Gasteiger partial charge in [-0.15, -0.1) is 0 Å². The van der Waals surface area contributed by atoms with Crippen LogP contribution < -0.4 is 10.8 Å². The third-order valence-electron chi connectivity index (χ3n) is 2.88. The molecule has 0 fully saturated rings. The van der Waals surface area contributed by atoms with Crippen LogP contribution in [0.4, 0.5) is 4.79 Å². The van der Waals surface area contributed by atoms with Crippen LogP contribution in [-0.2, 0) is 16.2 Å². The zero-order valence-corrected chi connectivity index (χ0v) is 12.5. The standard InChI is InChI=1S/C17H18N2O4/c20-16(15-9-5-2-6-10-15)23-19-12-11-18-17(21)22-13-14-7-3-1-4-8-14/h1-10,19H,11-13H2,(H,18,21). The average molecular weight is 314 g/mol. The van der Waals surface area contributed by atoms with Gasteiger partial charge >= 0.3 is 12.1 Å². The topological polar surface area (TPSA) is 76.7 Å². The van der Waals surface area contributed by atoms with Gasteiger partial charge in [0.25, 0.3) is 0 Å². The lowest BCUT2D eigenvalue weighted by Gasteiger charge is -2.08. The number of nitrogens with one attached hydrogen (secondary N) is 2. The third-order valence-corrected chi connectivity index (χ3v) is 2.88. The summed E-state index contributed by atoms with van der Waals surface area (Å²) in [6.45, 7) is 0.762. The Labute approximate surface area is 134 Å². The Hall–Kier alpha value is -2.86. The number of carbonyl (C=O) groups is 2. The Morgan fingerprint density at radius 1 is 0.870 bits per heavy atom. The van der Waals surface area contributed by atoms with Crippen LogP contribution in [0.1, 0.15) is 15.9 Å². The molecule has 0 bridgehead atoms. The van der Waals surface area contributed by atoms with Crippen molar-refractivity contribution < 1.29 is 19.2 Å². The van der Waals surface area contributed by atoms with E-state index in [2.05, 4.69) is 10.8 Å². The highest BCUT2D eigenvalue weighted by Crippen LogP contribution is 2.00. The lowest BCUT2D eigenvalue weighted by molar-refractivity contribution is 0.0257. The number of rotatable bonds is 7. The number of hydroxylamine groups is 1. The first-order valence-corrected chi connectivity index (χ1v) is 7.19. The minimum absolute atomic E-state index is 0.211. The summed E-state index contributed by atoms with van der Waals surface area (Å²) in [5.41, 5.74) is 3.86. The van der Waals surface area contributed by atoms with E-state index >= 15 is 0 Å². The predicted octanol–water partition coefficient (Wildman–Crippen LogP) is 2.27. The van der Waals surface area contributed by atoms with E-state index in [9.17, 15) is 9.59 Å². The molecular formula is C17H18N2O4. The summed E-state index contributed by atoms with van der Waals surface area (Å²) in [5.74, 6) is -0.475. The second-order valence-corrected chi connectivity index (χ2v) is 4.64. The first-order chi connectivity index (χ1) is 11.3. The molecule has 2 rings (SSSR count). The molecule has 0 heterocycles. The molecule has 0 saturated carbocycles. The molecule has 0 saturated heterocycles. The molecule has 120 valence electrons. The van der Waals surface area contributed by atoms with Gasteiger partial charge in [-0.2, -0.15) is 5.48 Å². The minimum atomic E-state index is -0.523. The second kappa shape index (κ2) is 9.22. The molecule has 0 unspecified atom stereocenters. The number of benzene rings is 2. The fourth-order valence-electron chi connectivity index (χ4n) is 1.74. The van der Waals surface area contributed by atoms with Gasteiger partial charge in [0.05, 0.1) is 5.56 Å². The summed E-state index contributed by atoms with van der Waals surface area (Å²) in [6, 6.07) is 18.0. The molecule has 0 aliphatic heterocycles. The fraction of sp³-hybridized carbons (Fsp3) is 0.176. The molecule has 2 N–H and O–H groups in total. The molecule has 6 nitrogen and oxygen atoms in total. The van der Waals surface area contributed by atoms with E-state index < -0.39 is 12.1 Å². The fourth-order valence-corrected chi connectivity index (χ4v) is 1.74. The van der Waals surface area contributed by atoms with Gasteiger partial charge in [0, 0.05) is 13.1 Å². The highest BCUT2D eigenvalue weighted by molar-refractivity contribution is 5.89. The summed E-state index contributed by atoms with van der Waals surface area (Å²) in [5, 5.41) is 2.55. The van der Waals surface area contributed by atoms with Crippen LogP contribution >= 0.6 is 0 Å². The third kappa shape index (κ3) is 6.19. The lowest BCUT2D eigenvalue weighted by atomic mass is 10.2. The highest BCUT2D eigenvalue weighted by Gasteiger charge is 2.06. The number of hydrogen-bond acceptors (Lipinski definition) is 5. The number of hydrogen-bond donors (Lipinski definition) is 2. The van der Waals surface area contributed by atoms with Crippen LogP contribution in [0.3, 0.4) is 0 Å². The highest BCUT2D eigenvalue weighted by atomic mass is 16.7. The van der Waals surface area contributed by atoms with Gasteiger partial charge in [0.2, 0.25) is 0 Å². The van der Waals surface area contributed by atoms with Crippen LogP contribution in [0.2, 0.25) is 0 Å². The maximum Gasteiger partial charge on any atom is 0.407 e. The summed E-state index contributed by atoms with van der Waals surface area (Å²) in [4.78, 5) is 27.9. The number of ether oxygens (including phenoxy) is 1. The predicted molar refractivity (Wildman–Crippen MR) is 84.5 cm³/mol. The van der Waals surface area contributed by atoms with Gasteiger partial charge in [-0.25, -0.2) is 9.59 Å². The number of alkyl carbamates (subject to hydrolysis) is 1. The summed E-state index contributed by atoms with van der Waals surface area (Å²) < 4.78 is 5.04. The van der Waals surface area contributed by atoms with E-state index in [1.54, 1.807) is 24.3 Å². The molecule has 6 heteroatoms. The van der Waals surface area contributed by atoms with Crippen molar-refractivity contribution in [1.29, 1.82) is 0 Å². The summed E-state index contributed by atoms with van der Waals surface area (Å²) in [7, 11) is 0. The van der Waals surface area contributed by atoms with Crippen molar-refractivity contribution in [3.05, 3.63) is 71.8 Å². The van der Waals surface area contributed by atoms with E-state index in [0.29, 0.717) is 5.56 Å². The molecule has 0 spiro atoms. The average Bonchev–Trinajstić information content (AvgIpc) is 2.61. The molecule has 0 aliphatic carbocycles. The van der Waals surface area contributed by atoms with Crippen LogP contribution in [0, 0.1) is 0 Å². The Bertz CT molecular complexity index is 617.